The monoisotopic (exact) mass is 637 g/mol. The Bertz CT molecular complexity index is 1330. The molecule has 0 aromatic heterocycles. The number of benzene rings is 2. The number of Topliss-reactive ketones (excluding diaryl/α,β-unsaturated/α-hetero) is 2. The number of esters is 1. The summed E-state index contributed by atoms with van der Waals surface area (Å²) in [5.41, 5.74) is 7.13. The molecule has 0 aliphatic carbocycles. The fourth-order valence-corrected chi connectivity index (χ4v) is 4.90. The average Bonchev–Trinajstić information content (AvgIpc) is 3.04. The number of carbonyl (C=O) groups is 6. The third-order valence-corrected chi connectivity index (χ3v) is 7.76. The van der Waals surface area contributed by atoms with Crippen LogP contribution in [0.3, 0.4) is 0 Å². The Hall–Kier alpha value is -4.54. The highest BCUT2D eigenvalue weighted by Crippen LogP contribution is 2.20. The lowest BCUT2D eigenvalue weighted by atomic mass is 9.90. The standard InChI is InChI=1S/C35H47N3O8/c1-6-23(4)31(38-34(43)27(16-22(2)3)19-30(40)46-21-25-10-8-7-9-11-25)32(41)35(44)37-20-28(39)18-26(33(36)42)17-24-12-14-29(45-5)15-13-24/h7-15,22-23,26-27,31H,6,16-21H2,1-5H3,(H2,36,42)(H,37,44)(H,38,43). The minimum absolute atomic E-state index is 0.0682. The lowest BCUT2D eigenvalue weighted by molar-refractivity contribution is -0.149. The second-order valence-corrected chi connectivity index (χ2v) is 12.0. The van der Waals surface area contributed by atoms with E-state index in [1.165, 1.54) is 7.11 Å². The van der Waals surface area contributed by atoms with Gasteiger partial charge < -0.3 is 25.8 Å². The van der Waals surface area contributed by atoms with Gasteiger partial charge in [-0.2, -0.15) is 0 Å². The normalized spacial score (nSPS) is 13.5. The van der Waals surface area contributed by atoms with E-state index in [2.05, 4.69) is 10.6 Å². The summed E-state index contributed by atoms with van der Waals surface area (Å²) in [6.07, 6.45) is 0.654. The molecule has 0 spiro atoms. The molecule has 0 radical (unpaired) electrons. The Morgan fingerprint density at radius 2 is 1.50 bits per heavy atom. The molecule has 46 heavy (non-hydrogen) atoms. The van der Waals surface area contributed by atoms with Crippen molar-refractivity contribution in [3.63, 3.8) is 0 Å². The van der Waals surface area contributed by atoms with Gasteiger partial charge in [-0.15, -0.1) is 0 Å². The van der Waals surface area contributed by atoms with Crippen LogP contribution in [0.1, 0.15) is 64.5 Å². The Morgan fingerprint density at radius 1 is 0.848 bits per heavy atom. The van der Waals surface area contributed by atoms with Gasteiger partial charge in [-0.3, -0.25) is 28.8 Å². The summed E-state index contributed by atoms with van der Waals surface area (Å²) in [6, 6.07) is 15.0. The molecule has 0 bridgehead atoms. The summed E-state index contributed by atoms with van der Waals surface area (Å²) in [6.45, 7) is 6.96. The van der Waals surface area contributed by atoms with E-state index in [1.54, 1.807) is 31.2 Å². The first-order valence-electron chi connectivity index (χ1n) is 15.6. The first-order chi connectivity index (χ1) is 21.8. The van der Waals surface area contributed by atoms with Crippen molar-refractivity contribution in [2.24, 2.45) is 29.4 Å². The number of hydrogen-bond acceptors (Lipinski definition) is 8. The van der Waals surface area contributed by atoms with Crippen LogP contribution in [0.4, 0.5) is 0 Å². The highest BCUT2D eigenvalue weighted by molar-refractivity contribution is 6.38. The van der Waals surface area contributed by atoms with Gasteiger partial charge in [0.15, 0.2) is 5.78 Å². The van der Waals surface area contributed by atoms with Gasteiger partial charge in [0.1, 0.15) is 12.4 Å². The number of methoxy groups -OCH3 is 1. The first-order valence-corrected chi connectivity index (χ1v) is 15.6. The molecule has 2 rings (SSSR count). The second-order valence-electron chi connectivity index (χ2n) is 12.0. The number of primary amides is 1. The van der Waals surface area contributed by atoms with E-state index < -0.39 is 65.6 Å². The number of ketones is 2. The lowest BCUT2D eigenvalue weighted by Crippen LogP contribution is -2.52. The van der Waals surface area contributed by atoms with Crippen molar-refractivity contribution in [3.8, 4) is 5.75 Å². The van der Waals surface area contributed by atoms with Crippen molar-refractivity contribution in [1.82, 2.24) is 10.6 Å². The van der Waals surface area contributed by atoms with Gasteiger partial charge in [-0.1, -0.05) is 76.6 Å². The topological polar surface area (TPSA) is 171 Å². The fourth-order valence-electron chi connectivity index (χ4n) is 4.90. The molecule has 4 unspecified atom stereocenters. The highest BCUT2D eigenvalue weighted by atomic mass is 16.5. The second kappa shape index (κ2) is 19.1. The van der Waals surface area contributed by atoms with Crippen LogP contribution in [-0.4, -0.2) is 55.0 Å². The van der Waals surface area contributed by atoms with Crippen molar-refractivity contribution < 1.29 is 38.2 Å². The summed E-state index contributed by atoms with van der Waals surface area (Å²) in [7, 11) is 1.54. The Morgan fingerprint density at radius 3 is 2.07 bits per heavy atom. The largest absolute Gasteiger partial charge is 0.497 e. The average molecular weight is 638 g/mol. The van der Waals surface area contributed by atoms with E-state index in [0.717, 1.165) is 11.1 Å². The van der Waals surface area contributed by atoms with E-state index in [-0.39, 0.29) is 31.8 Å². The molecule has 2 aromatic carbocycles. The number of ether oxygens (including phenoxy) is 2. The van der Waals surface area contributed by atoms with E-state index in [1.807, 2.05) is 51.1 Å². The molecule has 250 valence electrons. The molecule has 11 heteroatoms. The van der Waals surface area contributed by atoms with Crippen LogP contribution >= 0.6 is 0 Å². The third kappa shape index (κ3) is 12.8. The van der Waals surface area contributed by atoms with Crippen LogP contribution in [0.5, 0.6) is 5.75 Å². The first kappa shape index (κ1) is 37.6. The van der Waals surface area contributed by atoms with Gasteiger partial charge in [0.2, 0.25) is 17.6 Å². The maximum absolute atomic E-state index is 13.4. The number of amides is 3. The summed E-state index contributed by atoms with van der Waals surface area (Å²) in [4.78, 5) is 76.8. The number of hydrogen-bond donors (Lipinski definition) is 3. The van der Waals surface area contributed by atoms with E-state index in [9.17, 15) is 28.8 Å². The SMILES string of the molecule is CCC(C)C(NC(=O)C(CC(=O)OCc1ccccc1)CC(C)C)C(=O)C(=O)NCC(=O)CC(Cc1ccc(OC)cc1)C(N)=O. The minimum Gasteiger partial charge on any atom is -0.497 e. The molecule has 4 atom stereocenters. The molecule has 4 N–H and O–H groups in total. The van der Waals surface area contributed by atoms with Gasteiger partial charge in [0, 0.05) is 18.3 Å². The summed E-state index contributed by atoms with van der Waals surface area (Å²) in [5.74, 6) is -5.44. The number of carbonyl (C=O) groups excluding carboxylic acids is 6. The predicted octanol–water partition coefficient (Wildman–Crippen LogP) is 3.31. The molecule has 0 fully saturated rings. The maximum Gasteiger partial charge on any atom is 0.306 e. The zero-order valence-electron chi connectivity index (χ0n) is 27.4. The lowest BCUT2D eigenvalue weighted by Gasteiger charge is -2.26. The molecule has 11 nitrogen and oxygen atoms in total. The number of nitrogens with one attached hydrogen (secondary N) is 2. The molecule has 0 aliphatic rings. The summed E-state index contributed by atoms with van der Waals surface area (Å²) < 4.78 is 10.5. The van der Waals surface area contributed by atoms with Gasteiger partial charge in [-0.05, 0) is 47.9 Å². The molecule has 0 aliphatic heterocycles. The zero-order chi connectivity index (χ0) is 34.2. The van der Waals surface area contributed by atoms with Crippen LogP contribution in [0, 0.1) is 23.7 Å². The van der Waals surface area contributed by atoms with Crippen LogP contribution in [0.15, 0.2) is 54.6 Å². The van der Waals surface area contributed by atoms with Gasteiger partial charge >= 0.3 is 5.97 Å². The van der Waals surface area contributed by atoms with Crippen molar-refractivity contribution in [3.05, 3.63) is 65.7 Å². The van der Waals surface area contributed by atoms with Crippen molar-refractivity contribution >= 4 is 35.3 Å². The van der Waals surface area contributed by atoms with Crippen molar-refractivity contribution in [2.45, 2.75) is 72.4 Å². The van der Waals surface area contributed by atoms with Crippen LogP contribution in [-0.2, 0) is 46.5 Å². The Kier molecular flexibility index (Phi) is 15.6. The highest BCUT2D eigenvalue weighted by Gasteiger charge is 2.34. The van der Waals surface area contributed by atoms with Crippen LogP contribution in [0.25, 0.3) is 0 Å². The van der Waals surface area contributed by atoms with E-state index in [0.29, 0.717) is 18.6 Å². The molecule has 0 saturated carbocycles. The van der Waals surface area contributed by atoms with Gasteiger partial charge in [0.05, 0.1) is 26.1 Å². The van der Waals surface area contributed by atoms with E-state index in [4.69, 9.17) is 15.2 Å². The van der Waals surface area contributed by atoms with Crippen molar-refractivity contribution in [1.29, 1.82) is 0 Å². The molecule has 0 heterocycles. The van der Waals surface area contributed by atoms with Gasteiger partial charge in [0.25, 0.3) is 5.91 Å². The number of rotatable bonds is 20. The molecule has 0 saturated heterocycles. The number of nitrogens with two attached hydrogens (primary N) is 1. The van der Waals surface area contributed by atoms with Crippen LogP contribution in [0.2, 0.25) is 0 Å². The predicted molar refractivity (Wildman–Crippen MR) is 172 cm³/mol. The Balaban J connectivity index is 2.00. The molecular weight excluding hydrogens is 590 g/mol. The zero-order valence-corrected chi connectivity index (χ0v) is 27.4. The van der Waals surface area contributed by atoms with Gasteiger partial charge in [-0.25, -0.2) is 0 Å². The molecule has 3 amide bonds. The summed E-state index contributed by atoms with van der Waals surface area (Å²) >= 11 is 0. The maximum atomic E-state index is 13.4. The molecular formula is C35H47N3O8. The smallest absolute Gasteiger partial charge is 0.306 e. The van der Waals surface area contributed by atoms with E-state index >= 15 is 0 Å². The van der Waals surface area contributed by atoms with Crippen molar-refractivity contribution in [2.75, 3.05) is 13.7 Å². The quantitative estimate of drug-likeness (QED) is 0.147. The third-order valence-electron chi connectivity index (χ3n) is 7.76. The Labute approximate surface area is 271 Å². The fraction of sp³-hybridized carbons (Fsp3) is 0.486. The molecule has 2 aromatic rings. The van der Waals surface area contributed by atoms with Crippen LogP contribution < -0.4 is 21.1 Å². The summed E-state index contributed by atoms with van der Waals surface area (Å²) in [5, 5.41) is 5.02. The minimum atomic E-state index is -1.17.